The number of nitrogens with one attached hydrogen (secondary N) is 1. The Labute approximate surface area is 121 Å². The normalized spacial score (nSPS) is 16.9. The van der Waals surface area contributed by atoms with E-state index >= 15 is 0 Å². The van der Waals surface area contributed by atoms with Crippen LogP contribution in [0.1, 0.15) is 25.7 Å². The van der Waals surface area contributed by atoms with Crippen LogP contribution >= 0.6 is 0 Å². The fraction of sp³-hybridized carbons (Fsp3) is 0.571. The molecule has 0 aromatic heterocycles. The summed E-state index contributed by atoms with van der Waals surface area (Å²) in [4.78, 5) is 2.51. The Morgan fingerprint density at radius 1 is 1.25 bits per heavy atom. The van der Waals surface area contributed by atoms with Crippen molar-refractivity contribution in [3.05, 3.63) is 24.3 Å². The molecule has 1 aromatic carbocycles. The third-order valence-electron chi connectivity index (χ3n) is 3.90. The van der Waals surface area contributed by atoms with Crippen LogP contribution in [-0.2, 0) is 10.0 Å². The number of rotatable bonds is 6. The van der Waals surface area contributed by atoms with Gasteiger partial charge in [-0.05, 0) is 44.2 Å². The molecule has 2 rings (SSSR count). The SMILES string of the molecule is CN(CCNS(=O)(=O)c1ccc(N)cc1)C1CCCC1. The van der Waals surface area contributed by atoms with Crippen LogP contribution in [0, 0.1) is 0 Å². The molecule has 5 nitrogen and oxygen atoms in total. The fourth-order valence-corrected chi connectivity index (χ4v) is 3.64. The van der Waals surface area contributed by atoms with Gasteiger partial charge in [-0.15, -0.1) is 0 Å². The maximum atomic E-state index is 12.1. The van der Waals surface area contributed by atoms with E-state index in [4.69, 9.17) is 5.73 Å². The Bertz CT molecular complexity index is 522. The van der Waals surface area contributed by atoms with Crippen molar-refractivity contribution in [3.63, 3.8) is 0 Å². The number of nitrogens with zero attached hydrogens (tertiary/aromatic N) is 1. The van der Waals surface area contributed by atoms with Gasteiger partial charge in [0, 0.05) is 24.8 Å². The number of sulfonamides is 1. The van der Waals surface area contributed by atoms with Crippen LogP contribution in [0.4, 0.5) is 5.69 Å². The highest BCUT2D eigenvalue weighted by Crippen LogP contribution is 2.21. The molecule has 6 heteroatoms. The minimum Gasteiger partial charge on any atom is -0.399 e. The van der Waals surface area contributed by atoms with Crippen LogP contribution in [0.2, 0.25) is 0 Å². The van der Waals surface area contributed by atoms with Gasteiger partial charge in [-0.25, -0.2) is 13.1 Å². The van der Waals surface area contributed by atoms with Crippen molar-refractivity contribution in [2.24, 2.45) is 0 Å². The molecular formula is C14H23N3O2S. The van der Waals surface area contributed by atoms with Gasteiger partial charge in [0.2, 0.25) is 10.0 Å². The van der Waals surface area contributed by atoms with Crippen molar-refractivity contribution in [3.8, 4) is 0 Å². The molecule has 1 saturated carbocycles. The maximum absolute atomic E-state index is 12.1. The molecule has 1 aliphatic rings. The van der Waals surface area contributed by atoms with Gasteiger partial charge < -0.3 is 10.6 Å². The fourth-order valence-electron chi connectivity index (χ4n) is 2.61. The number of hydrogen-bond acceptors (Lipinski definition) is 4. The predicted octanol–water partition coefficient (Wildman–Crippen LogP) is 1.42. The molecular weight excluding hydrogens is 274 g/mol. The monoisotopic (exact) mass is 297 g/mol. The van der Waals surface area contributed by atoms with E-state index in [2.05, 4.69) is 16.7 Å². The lowest BCUT2D eigenvalue weighted by Crippen LogP contribution is -2.37. The van der Waals surface area contributed by atoms with Crippen LogP contribution < -0.4 is 10.5 Å². The lowest BCUT2D eigenvalue weighted by molar-refractivity contribution is 0.250. The van der Waals surface area contributed by atoms with Crippen molar-refractivity contribution in [1.29, 1.82) is 0 Å². The Morgan fingerprint density at radius 2 is 1.85 bits per heavy atom. The topological polar surface area (TPSA) is 75.4 Å². The number of nitrogens with two attached hydrogens (primary N) is 1. The molecule has 0 spiro atoms. The van der Waals surface area contributed by atoms with Gasteiger partial charge in [-0.2, -0.15) is 0 Å². The highest BCUT2D eigenvalue weighted by Gasteiger charge is 2.20. The summed E-state index contributed by atoms with van der Waals surface area (Å²) in [6.07, 6.45) is 5.01. The van der Waals surface area contributed by atoms with E-state index in [0.29, 0.717) is 18.3 Å². The molecule has 1 aliphatic carbocycles. The minimum atomic E-state index is -3.43. The summed E-state index contributed by atoms with van der Waals surface area (Å²) in [6.45, 7) is 1.17. The number of hydrogen-bond donors (Lipinski definition) is 2. The number of nitrogen functional groups attached to an aromatic ring is 1. The van der Waals surface area contributed by atoms with Crippen molar-refractivity contribution >= 4 is 15.7 Å². The van der Waals surface area contributed by atoms with E-state index in [1.807, 2.05) is 0 Å². The molecule has 112 valence electrons. The van der Waals surface area contributed by atoms with E-state index in [1.54, 1.807) is 12.1 Å². The number of likely N-dealkylation sites (N-methyl/N-ethyl adjacent to an activating group) is 1. The van der Waals surface area contributed by atoms with Crippen LogP contribution in [-0.4, -0.2) is 39.5 Å². The summed E-state index contributed by atoms with van der Waals surface area (Å²) >= 11 is 0. The first kappa shape index (κ1) is 15.3. The first-order valence-electron chi connectivity index (χ1n) is 7.04. The van der Waals surface area contributed by atoms with Crippen LogP contribution in [0.3, 0.4) is 0 Å². The van der Waals surface area contributed by atoms with E-state index in [1.165, 1.54) is 37.8 Å². The second kappa shape index (κ2) is 6.56. The Hall–Kier alpha value is -1.11. The predicted molar refractivity (Wildman–Crippen MR) is 80.9 cm³/mol. The number of anilines is 1. The molecule has 3 N–H and O–H groups in total. The van der Waals surface area contributed by atoms with Crippen molar-refractivity contribution < 1.29 is 8.42 Å². The quantitative estimate of drug-likeness (QED) is 0.779. The average Bonchev–Trinajstić information content (AvgIpc) is 2.93. The van der Waals surface area contributed by atoms with Crippen molar-refractivity contribution in [2.45, 2.75) is 36.6 Å². The zero-order valence-electron chi connectivity index (χ0n) is 11.9. The molecule has 1 aromatic rings. The average molecular weight is 297 g/mol. The third-order valence-corrected chi connectivity index (χ3v) is 5.37. The molecule has 0 bridgehead atoms. The summed E-state index contributed by atoms with van der Waals surface area (Å²) in [7, 11) is -1.37. The Morgan fingerprint density at radius 3 is 2.45 bits per heavy atom. The summed E-state index contributed by atoms with van der Waals surface area (Å²) < 4.78 is 26.8. The highest BCUT2D eigenvalue weighted by molar-refractivity contribution is 7.89. The maximum Gasteiger partial charge on any atom is 0.240 e. The van der Waals surface area contributed by atoms with Gasteiger partial charge in [0.25, 0.3) is 0 Å². The number of benzene rings is 1. The highest BCUT2D eigenvalue weighted by atomic mass is 32.2. The molecule has 0 heterocycles. The standard InChI is InChI=1S/C14H23N3O2S/c1-17(13-4-2-3-5-13)11-10-16-20(18,19)14-8-6-12(15)7-9-14/h6-9,13,16H,2-5,10-11,15H2,1H3. The summed E-state index contributed by atoms with van der Waals surface area (Å²) in [5, 5.41) is 0. The first-order valence-corrected chi connectivity index (χ1v) is 8.53. The lowest BCUT2D eigenvalue weighted by atomic mass is 10.2. The van der Waals surface area contributed by atoms with Gasteiger partial charge in [-0.3, -0.25) is 0 Å². The molecule has 0 saturated heterocycles. The molecule has 1 fully saturated rings. The third kappa shape index (κ3) is 3.94. The van der Waals surface area contributed by atoms with Crippen molar-refractivity contribution in [1.82, 2.24) is 9.62 Å². The smallest absolute Gasteiger partial charge is 0.240 e. The zero-order valence-corrected chi connectivity index (χ0v) is 12.7. The molecule has 0 radical (unpaired) electrons. The van der Waals surface area contributed by atoms with Gasteiger partial charge in [0.05, 0.1) is 4.90 Å². The van der Waals surface area contributed by atoms with Crippen LogP contribution in [0.25, 0.3) is 0 Å². The Kier molecular flexibility index (Phi) is 5.01. The molecule has 0 amide bonds. The second-order valence-electron chi connectivity index (χ2n) is 5.39. The molecule has 0 aliphatic heterocycles. The summed E-state index contributed by atoms with van der Waals surface area (Å²) in [5.74, 6) is 0. The largest absolute Gasteiger partial charge is 0.399 e. The first-order chi connectivity index (χ1) is 9.49. The van der Waals surface area contributed by atoms with Crippen molar-refractivity contribution in [2.75, 3.05) is 25.9 Å². The van der Waals surface area contributed by atoms with Gasteiger partial charge >= 0.3 is 0 Å². The molecule has 0 unspecified atom stereocenters. The lowest BCUT2D eigenvalue weighted by Gasteiger charge is -2.23. The van der Waals surface area contributed by atoms with E-state index in [9.17, 15) is 8.42 Å². The zero-order chi connectivity index (χ0) is 14.6. The minimum absolute atomic E-state index is 0.259. The van der Waals surface area contributed by atoms with E-state index < -0.39 is 10.0 Å². The van der Waals surface area contributed by atoms with Gasteiger partial charge in [0.15, 0.2) is 0 Å². The summed E-state index contributed by atoms with van der Waals surface area (Å²) in [5.41, 5.74) is 6.12. The van der Waals surface area contributed by atoms with E-state index in [-0.39, 0.29) is 4.90 Å². The van der Waals surface area contributed by atoms with E-state index in [0.717, 1.165) is 6.54 Å². The summed E-state index contributed by atoms with van der Waals surface area (Å²) in [6, 6.07) is 6.85. The van der Waals surface area contributed by atoms with Gasteiger partial charge in [-0.1, -0.05) is 12.8 Å². The van der Waals surface area contributed by atoms with Crippen LogP contribution in [0.15, 0.2) is 29.2 Å². The second-order valence-corrected chi connectivity index (χ2v) is 7.15. The van der Waals surface area contributed by atoms with Crippen LogP contribution in [0.5, 0.6) is 0 Å². The molecule has 0 atom stereocenters. The molecule has 20 heavy (non-hydrogen) atoms. The Balaban J connectivity index is 1.84. The van der Waals surface area contributed by atoms with Gasteiger partial charge in [0.1, 0.15) is 0 Å².